The third-order valence-corrected chi connectivity index (χ3v) is 6.25. The molecular formula is C20H32FN5O2. The maximum atomic E-state index is 15.2. The van der Waals surface area contributed by atoms with Gasteiger partial charge >= 0.3 is 0 Å². The number of methoxy groups -OCH3 is 2. The standard InChI is InChI=1S/C20H32FN5O2/c1-27-8-6-17(22)13-5-7-24(10-13)19-16(21)9-14-11-25(23)12-26(15-3-4-15)18(14)20(19)28-2/h9,13,15,17H,3-8,10-12,22-23H2,1-2H3/t13-,17+/m1/s1. The molecule has 1 saturated carbocycles. The van der Waals surface area contributed by atoms with E-state index >= 15 is 4.39 Å². The van der Waals surface area contributed by atoms with Gasteiger partial charge in [0.05, 0.1) is 19.5 Å². The number of hydrazine groups is 1. The monoisotopic (exact) mass is 393 g/mol. The van der Waals surface area contributed by atoms with Crippen molar-refractivity contribution in [2.24, 2.45) is 17.5 Å². The Morgan fingerprint density at radius 1 is 1.25 bits per heavy atom. The summed E-state index contributed by atoms with van der Waals surface area (Å²) in [5.74, 6) is 6.82. The van der Waals surface area contributed by atoms with E-state index in [2.05, 4.69) is 9.80 Å². The van der Waals surface area contributed by atoms with E-state index in [9.17, 15) is 0 Å². The Balaban J connectivity index is 1.64. The molecule has 0 aromatic heterocycles. The van der Waals surface area contributed by atoms with Gasteiger partial charge in [0.1, 0.15) is 5.69 Å². The van der Waals surface area contributed by atoms with Crippen molar-refractivity contribution in [2.75, 3.05) is 50.4 Å². The molecule has 0 amide bonds. The number of fused-ring (bicyclic) bond motifs is 1. The summed E-state index contributed by atoms with van der Waals surface area (Å²) in [6.45, 7) is 3.34. The Hall–Kier alpha value is -1.61. The number of rotatable bonds is 7. The number of hydrogen-bond donors (Lipinski definition) is 2. The van der Waals surface area contributed by atoms with E-state index in [0.717, 1.165) is 50.0 Å². The summed E-state index contributed by atoms with van der Waals surface area (Å²) < 4.78 is 26.2. The number of benzene rings is 1. The van der Waals surface area contributed by atoms with E-state index in [1.54, 1.807) is 25.3 Å². The average molecular weight is 394 g/mol. The van der Waals surface area contributed by atoms with Crippen LogP contribution in [0, 0.1) is 11.7 Å². The lowest BCUT2D eigenvalue weighted by atomic mass is 9.97. The number of hydrogen-bond acceptors (Lipinski definition) is 7. The molecular weight excluding hydrogens is 361 g/mol. The fourth-order valence-corrected chi connectivity index (χ4v) is 4.63. The third kappa shape index (κ3) is 3.66. The molecule has 0 unspecified atom stereocenters. The van der Waals surface area contributed by atoms with Crippen LogP contribution in [0.5, 0.6) is 5.75 Å². The minimum Gasteiger partial charge on any atom is -0.492 e. The molecule has 156 valence electrons. The van der Waals surface area contributed by atoms with Crippen LogP contribution in [0.4, 0.5) is 15.8 Å². The second-order valence-electron chi connectivity index (χ2n) is 8.28. The van der Waals surface area contributed by atoms with Crippen molar-refractivity contribution in [2.45, 2.75) is 44.3 Å². The minimum atomic E-state index is -0.243. The van der Waals surface area contributed by atoms with Crippen LogP contribution >= 0.6 is 0 Å². The summed E-state index contributed by atoms with van der Waals surface area (Å²) in [4.78, 5) is 4.38. The topological polar surface area (TPSA) is 80.2 Å². The first-order chi connectivity index (χ1) is 13.5. The molecule has 1 saturated heterocycles. The molecule has 2 heterocycles. The normalized spacial score (nSPS) is 23.8. The highest BCUT2D eigenvalue weighted by molar-refractivity contribution is 5.78. The summed E-state index contributed by atoms with van der Waals surface area (Å²) in [5, 5.41) is 1.74. The van der Waals surface area contributed by atoms with Gasteiger partial charge in [-0.25, -0.2) is 9.40 Å². The highest BCUT2D eigenvalue weighted by atomic mass is 19.1. The molecule has 3 aliphatic rings. The van der Waals surface area contributed by atoms with E-state index in [1.165, 1.54) is 0 Å². The molecule has 28 heavy (non-hydrogen) atoms. The summed E-state index contributed by atoms with van der Waals surface area (Å²) in [6, 6.07) is 2.16. The van der Waals surface area contributed by atoms with Crippen LogP contribution in [0.3, 0.4) is 0 Å². The minimum absolute atomic E-state index is 0.0606. The fourth-order valence-electron chi connectivity index (χ4n) is 4.63. The maximum absolute atomic E-state index is 15.2. The van der Waals surface area contributed by atoms with Crippen LogP contribution in [0.25, 0.3) is 0 Å². The van der Waals surface area contributed by atoms with Crippen molar-refractivity contribution in [3.05, 3.63) is 17.4 Å². The number of nitrogens with two attached hydrogens (primary N) is 2. The Bertz CT molecular complexity index is 714. The number of halogens is 1. The van der Waals surface area contributed by atoms with Gasteiger partial charge in [0.15, 0.2) is 11.6 Å². The van der Waals surface area contributed by atoms with Crippen LogP contribution in [0.15, 0.2) is 6.07 Å². The van der Waals surface area contributed by atoms with Crippen LogP contribution in [-0.2, 0) is 11.3 Å². The molecule has 0 spiro atoms. The zero-order valence-corrected chi connectivity index (χ0v) is 16.9. The average Bonchev–Trinajstić information content (AvgIpc) is 3.41. The summed E-state index contributed by atoms with van der Waals surface area (Å²) >= 11 is 0. The first-order valence-corrected chi connectivity index (χ1v) is 10.2. The van der Waals surface area contributed by atoms with Gasteiger partial charge in [-0.1, -0.05) is 0 Å². The van der Waals surface area contributed by atoms with Gasteiger partial charge in [-0.3, -0.25) is 5.84 Å². The summed E-state index contributed by atoms with van der Waals surface area (Å²) in [6.07, 6.45) is 4.06. The molecule has 2 atom stereocenters. The van der Waals surface area contributed by atoms with Gasteiger partial charge in [0.25, 0.3) is 0 Å². The molecule has 1 aromatic rings. The Morgan fingerprint density at radius 2 is 2.04 bits per heavy atom. The molecule has 1 aromatic carbocycles. The summed E-state index contributed by atoms with van der Waals surface area (Å²) in [7, 11) is 3.32. The van der Waals surface area contributed by atoms with Gasteiger partial charge in [-0.15, -0.1) is 0 Å². The van der Waals surface area contributed by atoms with Gasteiger partial charge in [-0.05, 0) is 43.2 Å². The van der Waals surface area contributed by atoms with Gasteiger partial charge in [-0.2, -0.15) is 0 Å². The number of anilines is 2. The number of nitrogens with zero attached hydrogens (tertiary/aromatic N) is 3. The highest BCUT2D eigenvalue weighted by Crippen LogP contribution is 2.48. The van der Waals surface area contributed by atoms with Crippen molar-refractivity contribution in [1.29, 1.82) is 0 Å². The molecule has 4 N–H and O–H groups in total. The van der Waals surface area contributed by atoms with Crippen molar-refractivity contribution < 1.29 is 13.9 Å². The van der Waals surface area contributed by atoms with Crippen molar-refractivity contribution in [3.8, 4) is 5.75 Å². The van der Waals surface area contributed by atoms with Crippen LogP contribution in [0.1, 0.15) is 31.2 Å². The molecule has 0 radical (unpaired) electrons. The SMILES string of the molecule is COCC[C@H](N)[C@@H]1CCN(c2c(F)cc3c(c2OC)N(C2CC2)CN(N)C3)C1. The molecule has 1 aliphatic carbocycles. The molecule has 0 bridgehead atoms. The van der Waals surface area contributed by atoms with Gasteiger partial charge < -0.3 is 25.0 Å². The Kier molecular flexibility index (Phi) is 5.64. The largest absolute Gasteiger partial charge is 0.492 e. The van der Waals surface area contributed by atoms with Crippen molar-refractivity contribution >= 4 is 11.4 Å². The zero-order chi connectivity index (χ0) is 19.8. The molecule has 4 rings (SSSR count). The molecule has 2 fully saturated rings. The second-order valence-corrected chi connectivity index (χ2v) is 8.28. The van der Waals surface area contributed by atoms with Crippen LogP contribution in [0.2, 0.25) is 0 Å². The quantitative estimate of drug-likeness (QED) is 0.682. The fraction of sp³-hybridized carbons (Fsp3) is 0.700. The summed E-state index contributed by atoms with van der Waals surface area (Å²) in [5.41, 5.74) is 8.82. The molecule has 2 aliphatic heterocycles. The van der Waals surface area contributed by atoms with Crippen LogP contribution in [-0.4, -0.2) is 57.7 Å². The molecule has 8 heteroatoms. The first-order valence-electron chi connectivity index (χ1n) is 10.2. The van der Waals surface area contributed by atoms with E-state index in [0.29, 0.717) is 43.2 Å². The lowest BCUT2D eigenvalue weighted by Crippen LogP contribution is -2.47. The van der Waals surface area contributed by atoms with E-state index in [4.69, 9.17) is 21.1 Å². The van der Waals surface area contributed by atoms with Crippen molar-refractivity contribution in [3.63, 3.8) is 0 Å². The Morgan fingerprint density at radius 3 is 2.71 bits per heavy atom. The van der Waals surface area contributed by atoms with Crippen molar-refractivity contribution in [1.82, 2.24) is 5.01 Å². The second kappa shape index (κ2) is 8.02. The predicted octanol–water partition coefficient (Wildman–Crippen LogP) is 1.64. The number of ether oxygens (including phenoxy) is 2. The zero-order valence-electron chi connectivity index (χ0n) is 16.9. The molecule has 7 nitrogen and oxygen atoms in total. The van der Waals surface area contributed by atoms with Crippen LogP contribution < -0.4 is 26.1 Å². The first kappa shape index (κ1) is 19.7. The maximum Gasteiger partial charge on any atom is 0.168 e. The smallest absolute Gasteiger partial charge is 0.168 e. The van der Waals surface area contributed by atoms with E-state index in [-0.39, 0.29) is 11.9 Å². The van der Waals surface area contributed by atoms with Gasteiger partial charge in [0, 0.05) is 45.4 Å². The van der Waals surface area contributed by atoms with E-state index in [1.807, 2.05) is 0 Å². The highest BCUT2D eigenvalue weighted by Gasteiger charge is 2.39. The van der Waals surface area contributed by atoms with Gasteiger partial charge in [0.2, 0.25) is 0 Å². The predicted molar refractivity (Wildman–Crippen MR) is 108 cm³/mol. The third-order valence-electron chi connectivity index (χ3n) is 6.25. The Labute approximate surface area is 166 Å². The lowest BCUT2D eigenvalue weighted by molar-refractivity contribution is 0.180. The lowest BCUT2D eigenvalue weighted by Gasteiger charge is -2.38. The van der Waals surface area contributed by atoms with E-state index < -0.39 is 0 Å².